The number of benzene rings is 1. The van der Waals surface area contributed by atoms with E-state index < -0.39 is 39.3 Å². The minimum absolute atomic E-state index is 0.00265. The van der Waals surface area contributed by atoms with E-state index in [2.05, 4.69) is 15.4 Å². The summed E-state index contributed by atoms with van der Waals surface area (Å²) in [6.07, 6.45) is -2.10. The molecule has 2 N–H and O–H groups in total. The van der Waals surface area contributed by atoms with Gasteiger partial charge < -0.3 is 10.2 Å². The lowest BCUT2D eigenvalue weighted by atomic mass is 10.00. The number of nitrogens with one attached hydrogen (secondary N) is 2. The summed E-state index contributed by atoms with van der Waals surface area (Å²) in [4.78, 5) is 36.9. The molecule has 2 aliphatic rings. The number of aromatic nitrogens is 5. The zero-order valence-corrected chi connectivity index (χ0v) is 26.0. The largest absolute Gasteiger partial charge is 0.416 e. The highest BCUT2D eigenvalue weighted by atomic mass is 35.5. The lowest BCUT2D eigenvalue weighted by Gasteiger charge is -2.25. The molecular weight excluding hydrogens is 637 g/mol. The highest BCUT2D eigenvalue weighted by molar-refractivity contribution is 7.89. The topological polar surface area (TPSA) is 144 Å². The number of hydrogen-bond acceptors (Lipinski definition) is 9. The number of carbonyl (C=O) groups excluding carboxylic acids is 1. The van der Waals surface area contributed by atoms with E-state index in [1.54, 1.807) is 9.40 Å². The minimum atomic E-state index is -4.77. The van der Waals surface area contributed by atoms with Gasteiger partial charge >= 0.3 is 6.18 Å². The van der Waals surface area contributed by atoms with Crippen molar-refractivity contribution in [3.63, 3.8) is 0 Å². The van der Waals surface area contributed by atoms with Crippen molar-refractivity contribution in [1.29, 1.82) is 0 Å². The maximum atomic E-state index is 14.0. The van der Waals surface area contributed by atoms with Gasteiger partial charge in [0.1, 0.15) is 5.15 Å². The summed E-state index contributed by atoms with van der Waals surface area (Å²) in [6, 6.07) is 5.41. The van der Waals surface area contributed by atoms with Gasteiger partial charge in [-0.05, 0) is 49.1 Å². The molecule has 17 heteroatoms. The van der Waals surface area contributed by atoms with Crippen LogP contribution in [0, 0.1) is 11.8 Å². The van der Waals surface area contributed by atoms with Crippen molar-refractivity contribution in [2.75, 3.05) is 29.6 Å². The Morgan fingerprint density at radius 2 is 1.80 bits per heavy atom. The van der Waals surface area contributed by atoms with Crippen molar-refractivity contribution >= 4 is 50.1 Å². The monoisotopic (exact) mass is 664 g/mol. The first-order valence-electron chi connectivity index (χ1n) is 13.8. The van der Waals surface area contributed by atoms with E-state index in [4.69, 9.17) is 16.6 Å². The van der Waals surface area contributed by atoms with Gasteiger partial charge in [0.05, 0.1) is 40.1 Å². The average molecular weight is 665 g/mol. The van der Waals surface area contributed by atoms with Crippen LogP contribution in [0.5, 0.6) is 0 Å². The maximum Gasteiger partial charge on any atom is 0.416 e. The van der Waals surface area contributed by atoms with Gasteiger partial charge in [0.25, 0.3) is 11.5 Å². The molecular formula is C28H28ClF3N8O4S. The van der Waals surface area contributed by atoms with E-state index in [0.717, 1.165) is 24.1 Å². The lowest BCUT2D eigenvalue weighted by Crippen LogP contribution is -2.32. The van der Waals surface area contributed by atoms with Crippen LogP contribution in [0.4, 0.5) is 24.8 Å². The molecule has 4 atom stereocenters. The Morgan fingerprint density at radius 1 is 1.11 bits per heavy atom. The number of fused-ring (bicyclic) bond motifs is 2. The Morgan fingerprint density at radius 3 is 2.40 bits per heavy atom. The third-order valence-electron chi connectivity index (χ3n) is 8.26. The van der Waals surface area contributed by atoms with Gasteiger partial charge in [-0.3, -0.25) is 18.8 Å². The molecule has 6 rings (SSSR count). The summed E-state index contributed by atoms with van der Waals surface area (Å²) in [7, 11) is -0.625. The molecule has 1 aromatic carbocycles. The van der Waals surface area contributed by atoms with Crippen molar-refractivity contribution in [3.8, 4) is 0 Å². The zero-order valence-electron chi connectivity index (χ0n) is 24.4. The van der Waals surface area contributed by atoms with Gasteiger partial charge in [-0.25, -0.2) is 23.1 Å². The molecule has 1 saturated carbocycles. The van der Waals surface area contributed by atoms with Crippen LogP contribution >= 0.6 is 11.6 Å². The molecule has 0 radical (unpaired) electrons. The number of carbonyl (C=O) groups is 1. The predicted molar refractivity (Wildman–Crippen MR) is 161 cm³/mol. The second-order valence-electron chi connectivity index (χ2n) is 11.5. The van der Waals surface area contributed by atoms with Gasteiger partial charge in [0.15, 0.2) is 5.69 Å². The van der Waals surface area contributed by atoms with Crippen LogP contribution in [-0.2, 0) is 30.3 Å². The maximum absolute atomic E-state index is 14.0. The molecule has 3 aromatic heterocycles. The number of rotatable bonds is 7. The molecule has 238 valence electrons. The van der Waals surface area contributed by atoms with E-state index >= 15 is 0 Å². The molecule has 45 heavy (non-hydrogen) atoms. The van der Waals surface area contributed by atoms with E-state index in [1.807, 2.05) is 24.2 Å². The smallest absolute Gasteiger partial charge is 0.377 e. The zero-order chi connectivity index (χ0) is 32.6. The first kappa shape index (κ1) is 30.8. The number of hydrogen-bond donors (Lipinski definition) is 2. The molecule has 4 heterocycles. The minimum Gasteiger partial charge on any atom is -0.377 e. The van der Waals surface area contributed by atoms with Crippen LogP contribution in [0.3, 0.4) is 0 Å². The highest BCUT2D eigenvalue weighted by Crippen LogP contribution is 2.58. The van der Waals surface area contributed by atoms with Crippen molar-refractivity contribution in [2.24, 2.45) is 25.9 Å². The Hall–Kier alpha value is -4.18. The first-order valence-corrected chi connectivity index (χ1v) is 16.1. The molecule has 2 fully saturated rings. The van der Waals surface area contributed by atoms with Gasteiger partial charge in [0.2, 0.25) is 16.0 Å². The quantitative estimate of drug-likeness (QED) is 0.284. The fourth-order valence-electron chi connectivity index (χ4n) is 6.16. The van der Waals surface area contributed by atoms with Crippen molar-refractivity contribution in [3.05, 3.63) is 74.6 Å². The molecule has 0 spiro atoms. The molecule has 1 aliphatic heterocycles. The van der Waals surface area contributed by atoms with E-state index in [0.29, 0.717) is 36.8 Å². The van der Waals surface area contributed by atoms with Gasteiger partial charge in [-0.2, -0.15) is 18.3 Å². The number of piperidine rings is 1. The van der Waals surface area contributed by atoms with Crippen LogP contribution in [0.1, 0.15) is 46.2 Å². The lowest BCUT2D eigenvalue weighted by molar-refractivity contribution is -0.137. The SMILES string of the molecule is C[C@@H](Nc1ccc(Cl)nc1C(=O)NS(C)(=O)=O)c1cc(C(F)(F)F)cc2c(=O)n(C)c(N3C[C@@H]4C(c5ccn(C)n5)[C@@H]4C3)nc12. The Kier molecular flexibility index (Phi) is 7.34. The normalized spacial score (nSPS) is 20.3. The molecule has 1 amide bonds. The molecule has 12 nitrogen and oxygen atoms in total. The Bertz CT molecular complexity index is 2020. The number of amides is 1. The van der Waals surface area contributed by atoms with Crippen LogP contribution in [-0.4, -0.2) is 58.0 Å². The van der Waals surface area contributed by atoms with Crippen LogP contribution in [0.15, 0.2) is 41.3 Å². The van der Waals surface area contributed by atoms with Gasteiger partial charge in [0, 0.05) is 44.9 Å². The van der Waals surface area contributed by atoms with Crippen LogP contribution < -0.4 is 20.5 Å². The number of anilines is 2. The highest BCUT2D eigenvalue weighted by Gasteiger charge is 2.58. The number of halogens is 4. The fourth-order valence-corrected chi connectivity index (χ4v) is 6.74. The van der Waals surface area contributed by atoms with Gasteiger partial charge in [-0.1, -0.05) is 11.6 Å². The summed E-state index contributed by atoms with van der Waals surface area (Å²) in [5, 5.41) is 7.13. The number of pyridine rings is 1. The third-order valence-corrected chi connectivity index (χ3v) is 9.03. The molecule has 4 aromatic rings. The van der Waals surface area contributed by atoms with E-state index in [-0.39, 0.29) is 33.0 Å². The Balaban J connectivity index is 1.39. The van der Waals surface area contributed by atoms with Crippen LogP contribution in [0.2, 0.25) is 5.15 Å². The standard InChI is InChI=1S/C28H28ClF3N8O4S/c1-13(33-20-5-6-21(29)34-24(20)25(41)37-45(4,43)44)15-9-14(28(30,31)32)10-16-23(15)35-27(39(3)26(16)42)40-11-17-18(12-40)22(17)19-7-8-38(2)36-19/h5-10,13,17-18,22,33H,11-12H2,1-4H3,(H,37,41)/t13-,17-,18+,22?/m1/s1. The molecule has 1 saturated heterocycles. The van der Waals surface area contributed by atoms with Crippen LogP contribution in [0.25, 0.3) is 10.9 Å². The second kappa shape index (κ2) is 10.7. The number of aryl methyl sites for hydroxylation is 1. The summed E-state index contributed by atoms with van der Waals surface area (Å²) >= 11 is 5.96. The number of nitrogens with zero attached hydrogens (tertiary/aromatic N) is 6. The van der Waals surface area contributed by atoms with E-state index in [1.165, 1.54) is 30.7 Å². The number of alkyl halides is 3. The summed E-state index contributed by atoms with van der Waals surface area (Å²) in [6.45, 7) is 2.75. The average Bonchev–Trinajstić information content (AvgIpc) is 3.23. The third kappa shape index (κ3) is 5.83. The second-order valence-corrected chi connectivity index (χ2v) is 13.6. The first-order chi connectivity index (χ1) is 21.0. The molecule has 0 bridgehead atoms. The fraction of sp³-hybridized carbons (Fsp3) is 0.393. The Labute approximate surface area is 260 Å². The predicted octanol–water partition coefficient (Wildman–Crippen LogP) is 3.45. The summed E-state index contributed by atoms with van der Waals surface area (Å²) in [5.74, 6) is 0.169. The van der Waals surface area contributed by atoms with Crippen molar-refractivity contribution in [1.82, 2.24) is 29.0 Å². The summed E-state index contributed by atoms with van der Waals surface area (Å²) in [5.41, 5.74) is -0.961. The number of sulfonamides is 1. The van der Waals surface area contributed by atoms with E-state index in [9.17, 15) is 31.2 Å². The molecule has 1 aliphatic carbocycles. The van der Waals surface area contributed by atoms with Crippen molar-refractivity contribution in [2.45, 2.75) is 25.1 Å². The van der Waals surface area contributed by atoms with Gasteiger partial charge in [-0.15, -0.1) is 0 Å². The molecule has 1 unspecified atom stereocenters. The summed E-state index contributed by atoms with van der Waals surface area (Å²) < 4.78 is 70.3. The van der Waals surface area contributed by atoms with Crippen molar-refractivity contribution < 1.29 is 26.4 Å².